The van der Waals surface area contributed by atoms with Crippen LogP contribution >= 0.6 is 23.4 Å². The molecule has 0 spiro atoms. The molecule has 1 aliphatic heterocycles. The molecule has 1 aliphatic rings. The van der Waals surface area contributed by atoms with Gasteiger partial charge < -0.3 is 14.2 Å². The van der Waals surface area contributed by atoms with Gasteiger partial charge in [0.25, 0.3) is 5.91 Å². The number of methoxy groups -OCH3 is 3. The molecule has 0 N–H and O–H groups in total. The zero-order chi connectivity index (χ0) is 20.3. The fourth-order valence-corrected chi connectivity index (χ4v) is 4.01. The van der Waals surface area contributed by atoms with Crippen molar-refractivity contribution in [3.8, 4) is 17.2 Å². The quantitative estimate of drug-likeness (QED) is 0.705. The first kappa shape index (κ1) is 20.4. The Morgan fingerprint density at radius 3 is 2.25 bits per heavy atom. The molecular formula is C20H21ClN2O4S. The van der Waals surface area contributed by atoms with E-state index >= 15 is 0 Å². The van der Waals surface area contributed by atoms with Gasteiger partial charge in [-0.2, -0.15) is 0 Å². The van der Waals surface area contributed by atoms with E-state index in [0.717, 1.165) is 5.69 Å². The van der Waals surface area contributed by atoms with Crippen LogP contribution in [-0.4, -0.2) is 49.1 Å². The average Bonchev–Trinajstić information content (AvgIpc) is 3.07. The first-order chi connectivity index (χ1) is 13.5. The highest BCUT2D eigenvalue weighted by Gasteiger charge is 2.32. The Kier molecular flexibility index (Phi) is 6.36. The van der Waals surface area contributed by atoms with Crippen LogP contribution in [0.4, 0.5) is 5.69 Å². The number of aliphatic imine (C=N–C) groups is 1. The number of thioether (sulfide) groups is 1. The zero-order valence-corrected chi connectivity index (χ0v) is 17.6. The number of carbonyl (C=O) groups is 1. The van der Waals surface area contributed by atoms with Gasteiger partial charge >= 0.3 is 0 Å². The predicted octanol–water partition coefficient (Wildman–Crippen LogP) is 4.63. The Balaban J connectivity index is 1.97. The third-order valence-electron chi connectivity index (χ3n) is 4.19. The van der Waals surface area contributed by atoms with Gasteiger partial charge in [-0.25, -0.2) is 4.99 Å². The lowest BCUT2D eigenvalue weighted by atomic mass is 10.1. The SMILES string of the molecule is COc1cc(C(=O)N2C[C@H](C)SC2=Nc2ccc(Cl)cc2)cc(OC)c1OC. The summed E-state index contributed by atoms with van der Waals surface area (Å²) in [7, 11) is 4.57. The van der Waals surface area contributed by atoms with Crippen LogP contribution in [0.15, 0.2) is 41.4 Å². The van der Waals surface area contributed by atoms with Crippen molar-refractivity contribution in [3.05, 3.63) is 47.0 Å². The number of carbonyl (C=O) groups excluding carboxylic acids is 1. The second-order valence-electron chi connectivity index (χ2n) is 6.13. The molecular weight excluding hydrogens is 400 g/mol. The van der Waals surface area contributed by atoms with Crippen molar-refractivity contribution in [1.82, 2.24) is 4.90 Å². The van der Waals surface area contributed by atoms with Crippen LogP contribution < -0.4 is 14.2 Å². The summed E-state index contributed by atoms with van der Waals surface area (Å²) in [4.78, 5) is 19.5. The van der Waals surface area contributed by atoms with E-state index in [4.69, 9.17) is 25.8 Å². The van der Waals surface area contributed by atoms with Gasteiger partial charge in [-0.3, -0.25) is 9.69 Å². The van der Waals surface area contributed by atoms with Crippen molar-refractivity contribution < 1.29 is 19.0 Å². The summed E-state index contributed by atoms with van der Waals surface area (Å²) in [5.41, 5.74) is 1.18. The normalized spacial score (nSPS) is 17.7. The minimum atomic E-state index is -0.177. The maximum atomic E-state index is 13.2. The van der Waals surface area contributed by atoms with E-state index in [9.17, 15) is 4.79 Å². The van der Waals surface area contributed by atoms with Crippen LogP contribution in [0.25, 0.3) is 0 Å². The predicted molar refractivity (Wildman–Crippen MR) is 113 cm³/mol. The van der Waals surface area contributed by atoms with Gasteiger partial charge in [0.2, 0.25) is 5.75 Å². The topological polar surface area (TPSA) is 60.4 Å². The number of rotatable bonds is 5. The molecule has 0 radical (unpaired) electrons. The third-order valence-corrected chi connectivity index (χ3v) is 5.51. The van der Waals surface area contributed by atoms with E-state index in [1.54, 1.807) is 40.9 Å². The Morgan fingerprint density at radius 2 is 1.71 bits per heavy atom. The van der Waals surface area contributed by atoms with Gasteiger partial charge in [0.1, 0.15) is 0 Å². The van der Waals surface area contributed by atoms with Gasteiger partial charge in [0, 0.05) is 22.4 Å². The van der Waals surface area contributed by atoms with E-state index < -0.39 is 0 Å². The molecule has 0 aliphatic carbocycles. The summed E-state index contributed by atoms with van der Waals surface area (Å²) < 4.78 is 16.1. The molecule has 1 fully saturated rings. The lowest BCUT2D eigenvalue weighted by Crippen LogP contribution is -2.32. The molecule has 2 aromatic carbocycles. The smallest absolute Gasteiger partial charge is 0.260 e. The fourth-order valence-electron chi connectivity index (χ4n) is 2.86. The summed E-state index contributed by atoms with van der Waals surface area (Å²) >= 11 is 7.50. The van der Waals surface area contributed by atoms with E-state index in [2.05, 4.69) is 11.9 Å². The van der Waals surface area contributed by atoms with E-state index in [1.165, 1.54) is 21.3 Å². The van der Waals surface area contributed by atoms with Crippen LogP contribution in [0.1, 0.15) is 17.3 Å². The second kappa shape index (κ2) is 8.75. The van der Waals surface area contributed by atoms with Gasteiger partial charge in [-0.15, -0.1) is 0 Å². The van der Waals surface area contributed by atoms with Crippen LogP contribution in [-0.2, 0) is 0 Å². The molecule has 1 heterocycles. The molecule has 0 saturated carbocycles. The summed E-state index contributed by atoms with van der Waals surface area (Å²) in [6.45, 7) is 2.62. The van der Waals surface area contributed by atoms with Crippen molar-refractivity contribution in [3.63, 3.8) is 0 Å². The monoisotopic (exact) mass is 420 g/mol. The van der Waals surface area contributed by atoms with Crippen molar-refractivity contribution in [2.45, 2.75) is 12.2 Å². The standard InChI is InChI=1S/C20H21ClN2O4S/c1-12-11-23(20(28-12)22-15-7-5-14(21)6-8-15)19(24)13-9-16(25-2)18(27-4)17(10-13)26-3/h5-10,12H,11H2,1-4H3/t12-/m0/s1. The molecule has 148 valence electrons. The van der Waals surface area contributed by atoms with Crippen LogP contribution in [0.2, 0.25) is 5.02 Å². The fraction of sp³-hybridized carbons (Fsp3) is 0.300. The molecule has 1 amide bonds. The minimum Gasteiger partial charge on any atom is -0.493 e. The molecule has 1 atom stereocenters. The molecule has 8 heteroatoms. The van der Waals surface area contributed by atoms with Gasteiger partial charge in [-0.05, 0) is 36.4 Å². The number of hydrogen-bond donors (Lipinski definition) is 0. The maximum absolute atomic E-state index is 13.2. The Morgan fingerprint density at radius 1 is 1.11 bits per heavy atom. The van der Waals surface area contributed by atoms with Gasteiger partial charge in [-0.1, -0.05) is 30.3 Å². The number of amides is 1. The summed E-state index contributed by atoms with van der Waals surface area (Å²) in [5, 5.41) is 1.52. The highest BCUT2D eigenvalue weighted by Crippen LogP contribution is 2.39. The van der Waals surface area contributed by atoms with E-state index in [0.29, 0.717) is 39.5 Å². The van der Waals surface area contributed by atoms with E-state index in [-0.39, 0.29) is 11.2 Å². The molecule has 1 saturated heterocycles. The molecule has 6 nitrogen and oxygen atoms in total. The number of amidine groups is 1. The number of halogens is 1. The molecule has 0 aromatic heterocycles. The molecule has 0 unspecified atom stereocenters. The lowest BCUT2D eigenvalue weighted by molar-refractivity contribution is 0.0854. The number of nitrogens with zero attached hydrogens (tertiary/aromatic N) is 2. The molecule has 0 bridgehead atoms. The highest BCUT2D eigenvalue weighted by atomic mass is 35.5. The number of ether oxygens (including phenoxy) is 3. The van der Waals surface area contributed by atoms with Crippen LogP contribution in [0, 0.1) is 0 Å². The highest BCUT2D eigenvalue weighted by molar-refractivity contribution is 8.14. The average molecular weight is 421 g/mol. The lowest BCUT2D eigenvalue weighted by Gasteiger charge is -2.18. The van der Waals surface area contributed by atoms with E-state index in [1.807, 2.05) is 12.1 Å². The molecule has 28 heavy (non-hydrogen) atoms. The van der Waals surface area contributed by atoms with Crippen molar-refractivity contribution >= 4 is 40.1 Å². The molecule has 2 aromatic rings. The van der Waals surface area contributed by atoms with Crippen LogP contribution in [0.5, 0.6) is 17.2 Å². The Labute approximate surface area is 173 Å². The Hall–Kier alpha value is -2.38. The van der Waals surface area contributed by atoms with Gasteiger partial charge in [0.05, 0.1) is 27.0 Å². The molecule has 3 rings (SSSR count). The van der Waals surface area contributed by atoms with Crippen molar-refractivity contribution in [2.24, 2.45) is 4.99 Å². The second-order valence-corrected chi connectivity index (χ2v) is 7.97. The third kappa shape index (κ3) is 4.20. The first-order valence-corrected chi connectivity index (χ1v) is 9.85. The number of benzene rings is 2. The minimum absolute atomic E-state index is 0.177. The van der Waals surface area contributed by atoms with Crippen LogP contribution in [0.3, 0.4) is 0 Å². The Bertz CT molecular complexity index is 877. The summed E-state index contributed by atoms with van der Waals surface area (Å²) in [5.74, 6) is 1.13. The van der Waals surface area contributed by atoms with Crippen molar-refractivity contribution in [2.75, 3.05) is 27.9 Å². The summed E-state index contributed by atoms with van der Waals surface area (Å²) in [6, 6.07) is 10.5. The zero-order valence-electron chi connectivity index (χ0n) is 16.1. The largest absolute Gasteiger partial charge is 0.493 e. The first-order valence-electron chi connectivity index (χ1n) is 8.59. The number of hydrogen-bond acceptors (Lipinski definition) is 6. The van der Waals surface area contributed by atoms with Gasteiger partial charge in [0.15, 0.2) is 16.7 Å². The summed E-state index contributed by atoms with van der Waals surface area (Å²) in [6.07, 6.45) is 0. The maximum Gasteiger partial charge on any atom is 0.260 e. The van der Waals surface area contributed by atoms with Crippen molar-refractivity contribution in [1.29, 1.82) is 0 Å².